The van der Waals surface area contributed by atoms with Crippen LogP contribution in [-0.4, -0.2) is 22.2 Å². The molecule has 0 amide bonds. The lowest BCUT2D eigenvalue weighted by molar-refractivity contribution is -0.0695. The number of pyridine rings is 2. The quantitative estimate of drug-likeness (QED) is 0.317. The van der Waals surface area contributed by atoms with E-state index < -0.39 is 0 Å². The van der Waals surface area contributed by atoms with Gasteiger partial charge in [0.2, 0.25) is 5.88 Å². The topological polar surface area (TPSA) is 68.0 Å². The second-order valence-corrected chi connectivity index (χ2v) is 9.04. The fourth-order valence-corrected chi connectivity index (χ4v) is 4.37. The highest BCUT2D eigenvalue weighted by Gasteiger charge is 2.32. The fourth-order valence-electron chi connectivity index (χ4n) is 4.37. The minimum Gasteiger partial charge on any atom is -0.473 e. The number of hydrogen-bond donors (Lipinski definition) is 0. The lowest BCUT2D eigenvalue weighted by Gasteiger charge is -2.35. The van der Waals surface area contributed by atoms with Crippen molar-refractivity contribution in [1.29, 1.82) is 5.26 Å². The summed E-state index contributed by atoms with van der Waals surface area (Å²) in [5.74, 6) is 0.391. The highest BCUT2D eigenvalue weighted by Crippen LogP contribution is 2.33. The Morgan fingerprint density at radius 2 is 1.71 bits per heavy atom. The summed E-state index contributed by atoms with van der Waals surface area (Å²) in [6, 6.07) is 22.6. The van der Waals surface area contributed by atoms with Crippen LogP contribution in [0.4, 0.5) is 0 Å². The van der Waals surface area contributed by atoms with Gasteiger partial charge in [0.15, 0.2) is 0 Å². The molecule has 0 aliphatic heterocycles. The molecule has 0 radical (unpaired) electrons. The largest absolute Gasteiger partial charge is 0.473 e. The van der Waals surface area contributed by atoms with Gasteiger partial charge in [-0.2, -0.15) is 5.26 Å². The van der Waals surface area contributed by atoms with Crippen LogP contribution in [-0.2, 0) is 11.3 Å². The monoisotopic (exact) mass is 461 g/mol. The summed E-state index contributed by atoms with van der Waals surface area (Å²) >= 11 is 0. The van der Waals surface area contributed by atoms with Crippen molar-refractivity contribution in [2.75, 3.05) is 0 Å². The van der Waals surface area contributed by atoms with E-state index >= 15 is 0 Å². The number of aromatic nitrogens is 2. The first-order valence-corrected chi connectivity index (χ1v) is 11.8. The first-order valence-electron chi connectivity index (χ1n) is 11.8. The van der Waals surface area contributed by atoms with E-state index in [9.17, 15) is 5.26 Å². The van der Waals surface area contributed by atoms with Crippen molar-refractivity contribution >= 4 is 0 Å². The molecule has 1 aliphatic carbocycles. The summed E-state index contributed by atoms with van der Waals surface area (Å²) in [5.41, 5.74) is 8.14. The molecule has 5 nitrogen and oxygen atoms in total. The molecule has 174 valence electrons. The average molecular weight is 462 g/mol. The van der Waals surface area contributed by atoms with E-state index in [1.165, 1.54) is 11.1 Å². The molecule has 0 atom stereocenters. The third-order valence-electron chi connectivity index (χ3n) is 6.52. The molecule has 1 saturated carbocycles. The van der Waals surface area contributed by atoms with Crippen LogP contribution in [0.2, 0.25) is 0 Å². The molecular formula is C30H27N3O2. The number of hydrogen-bond acceptors (Lipinski definition) is 5. The molecule has 0 N–H and O–H groups in total. The molecular weight excluding hydrogens is 434 g/mol. The Hall–Kier alpha value is -4.01. The maximum absolute atomic E-state index is 9.73. The Morgan fingerprint density at radius 1 is 0.886 bits per heavy atom. The fraction of sp³-hybridized carbons (Fsp3) is 0.233. The molecule has 2 aromatic carbocycles. The summed E-state index contributed by atoms with van der Waals surface area (Å²) in [6.45, 7) is 4.79. The van der Waals surface area contributed by atoms with Gasteiger partial charge in [0.1, 0.15) is 17.7 Å². The zero-order valence-corrected chi connectivity index (χ0v) is 19.9. The predicted octanol–water partition coefficient (Wildman–Crippen LogP) is 6.43. The molecule has 5 rings (SSSR count). The van der Waals surface area contributed by atoms with Gasteiger partial charge in [0, 0.05) is 42.6 Å². The van der Waals surface area contributed by atoms with E-state index in [1.807, 2.05) is 42.7 Å². The molecule has 2 aromatic heterocycles. The van der Waals surface area contributed by atoms with Gasteiger partial charge in [0.25, 0.3) is 0 Å². The van der Waals surface area contributed by atoms with Crippen molar-refractivity contribution < 1.29 is 9.47 Å². The van der Waals surface area contributed by atoms with Crippen LogP contribution in [0.5, 0.6) is 5.88 Å². The zero-order valence-electron chi connectivity index (χ0n) is 19.9. The van der Waals surface area contributed by atoms with E-state index in [0.717, 1.165) is 40.7 Å². The van der Waals surface area contributed by atoms with E-state index in [-0.39, 0.29) is 12.2 Å². The predicted molar refractivity (Wildman–Crippen MR) is 136 cm³/mol. The minimum absolute atomic E-state index is 0.0190. The molecule has 1 aliphatic rings. The van der Waals surface area contributed by atoms with Crippen LogP contribution < -0.4 is 4.74 Å². The summed E-state index contributed by atoms with van der Waals surface area (Å²) in [5, 5.41) is 9.73. The first-order chi connectivity index (χ1) is 17.1. The van der Waals surface area contributed by atoms with Crippen LogP contribution in [0.1, 0.15) is 35.1 Å². The van der Waals surface area contributed by atoms with Crippen molar-refractivity contribution in [2.45, 2.75) is 45.5 Å². The van der Waals surface area contributed by atoms with Gasteiger partial charge in [0.05, 0.1) is 12.7 Å². The maximum Gasteiger partial charge on any atom is 0.231 e. The van der Waals surface area contributed by atoms with Crippen LogP contribution in [0, 0.1) is 25.2 Å². The van der Waals surface area contributed by atoms with Gasteiger partial charge in [-0.25, -0.2) is 4.98 Å². The van der Waals surface area contributed by atoms with Gasteiger partial charge in [-0.05, 0) is 53.8 Å². The minimum atomic E-state index is 0.0190. The molecule has 4 aromatic rings. The lowest BCUT2D eigenvalue weighted by atomic mass is 9.92. The van der Waals surface area contributed by atoms with Gasteiger partial charge in [-0.1, -0.05) is 48.5 Å². The Kier molecular flexibility index (Phi) is 6.56. The second kappa shape index (κ2) is 10.1. The summed E-state index contributed by atoms with van der Waals surface area (Å²) < 4.78 is 12.0. The molecule has 35 heavy (non-hydrogen) atoms. The Bertz CT molecular complexity index is 1370. The van der Waals surface area contributed by atoms with Crippen LogP contribution in [0.3, 0.4) is 0 Å². The standard InChI is InChI=1S/C30H27N3O2/c1-20-10-11-32-18-29(20)28-9-8-23(12-21(28)2)25-13-24(16-31)30(33-17-25)35-27-14-26(15-27)34-19-22-6-4-3-5-7-22/h3-13,17-18,26-27H,14-15,19H2,1-2H3. The van der Waals surface area contributed by atoms with Gasteiger partial charge < -0.3 is 9.47 Å². The first kappa shape index (κ1) is 22.8. The summed E-state index contributed by atoms with van der Waals surface area (Å²) in [4.78, 5) is 8.77. The lowest BCUT2D eigenvalue weighted by Crippen LogP contribution is -2.39. The number of nitriles is 1. The second-order valence-electron chi connectivity index (χ2n) is 9.04. The van der Waals surface area contributed by atoms with E-state index in [0.29, 0.717) is 18.1 Å². The Balaban J connectivity index is 1.24. The summed E-state index contributed by atoms with van der Waals surface area (Å²) in [6.07, 6.45) is 7.28. The summed E-state index contributed by atoms with van der Waals surface area (Å²) in [7, 11) is 0. The van der Waals surface area contributed by atoms with Gasteiger partial charge in [-0.3, -0.25) is 4.98 Å². The van der Waals surface area contributed by atoms with Crippen molar-refractivity contribution in [3.05, 3.63) is 102 Å². The van der Waals surface area contributed by atoms with Crippen molar-refractivity contribution in [3.8, 4) is 34.2 Å². The smallest absolute Gasteiger partial charge is 0.231 e. The van der Waals surface area contributed by atoms with Crippen LogP contribution in [0.15, 0.2) is 79.3 Å². The van der Waals surface area contributed by atoms with Gasteiger partial charge >= 0.3 is 0 Å². The number of ether oxygens (including phenoxy) is 2. The highest BCUT2D eigenvalue weighted by molar-refractivity contribution is 5.75. The van der Waals surface area contributed by atoms with E-state index in [2.05, 4.69) is 60.2 Å². The molecule has 0 spiro atoms. The SMILES string of the molecule is Cc1cc(-c2cnc(OC3CC(OCc4ccccc4)C3)c(C#N)c2)ccc1-c1cnccc1C. The molecule has 0 saturated heterocycles. The third-order valence-corrected chi connectivity index (χ3v) is 6.52. The number of aryl methyl sites for hydroxylation is 2. The molecule has 2 heterocycles. The maximum atomic E-state index is 9.73. The molecule has 0 bridgehead atoms. The Morgan fingerprint density at radius 3 is 2.46 bits per heavy atom. The number of nitrogens with zero attached hydrogens (tertiary/aromatic N) is 3. The van der Waals surface area contributed by atoms with E-state index in [4.69, 9.17) is 9.47 Å². The van der Waals surface area contributed by atoms with Crippen molar-refractivity contribution in [2.24, 2.45) is 0 Å². The van der Waals surface area contributed by atoms with E-state index in [1.54, 1.807) is 6.20 Å². The van der Waals surface area contributed by atoms with Crippen LogP contribution >= 0.6 is 0 Å². The molecule has 5 heteroatoms. The molecule has 0 unspecified atom stereocenters. The van der Waals surface area contributed by atoms with Crippen molar-refractivity contribution in [3.63, 3.8) is 0 Å². The van der Waals surface area contributed by atoms with Gasteiger partial charge in [-0.15, -0.1) is 0 Å². The number of benzene rings is 2. The highest BCUT2D eigenvalue weighted by atomic mass is 16.5. The Labute approximate surface area is 206 Å². The van der Waals surface area contributed by atoms with Crippen LogP contribution in [0.25, 0.3) is 22.3 Å². The third kappa shape index (κ3) is 5.08. The number of rotatable bonds is 7. The zero-order chi connectivity index (χ0) is 24.2. The average Bonchev–Trinajstić information content (AvgIpc) is 2.86. The normalized spacial score (nSPS) is 16.8. The van der Waals surface area contributed by atoms with Crippen molar-refractivity contribution in [1.82, 2.24) is 9.97 Å². The molecule has 1 fully saturated rings.